The number of hydrogen-bond acceptors (Lipinski definition) is 4. The van der Waals surface area contributed by atoms with Crippen molar-refractivity contribution in [2.45, 2.75) is 19.4 Å². The molecule has 2 amide bonds. The van der Waals surface area contributed by atoms with Crippen LogP contribution in [0.2, 0.25) is 0 Å². The van der Waals surface area contributed by atoms with Gasteiger partial charge in [-0.25, -0.2) is 0 Å². The molecule has 6 heteroatoms. The highest BCUT2D eigenvalue weighted by Crippen LogP contribution is 2.10. The third kappa shape index (κ3) is 4.27. The summed E-state index contributed by atoms with van der Waals surface area (Å²) in [6.07, 6.45) is 0. The lowest BCUT2D eigenvalue weighted by Crippen LogP contribution is -2.59. The Morgan fingerprint density at radius 3 is 2.67 bits per heavy atom. The Labute approximate surface area is 108 Å². The molecule has 1 rings (SSSR count). The zero-order valence-electron chi connectivity index (χ0n) is 11.7. The molecule has 0 aromatic heterocycles. The fourth-order valence-electron chi connectivity index (χ4n) is 1.98. The largest absolute Gasteiger partial charge is 0.375 e. The van der Waals surface area contributed by atoms with Crippen LogP contribution in [0.4, 0.5) is 0 Å². The maximum Gasteiger partial charge on any atom is 0.248 e. The lowest BCUT2D eigenvalue weighted by atomic mass is 10.0. The van der Waals surface area contributed by atoms with Gasteiger partial charge in [0.25, 0.3) is 0 Å². The Morgan fingerprint density at radius 2 is 2.11 bits per heavy atom. The van der Waals surface area contributed by atoms with E-state index in [1.165, 1.54) is 12.0 Å². The van der Waals surface area contributed by atoms with Crippen LogP contribution >= 0.6 is 0 Å². The van der Waals surface area contributed by atoms with Crippen molar-refractivity contribution in [3.63, 3.8) is 0 Å². The Morgan fingerprint density at radius 1 is 1.44 bits per heavy atom. The van der Waals surface area contributed by atoms with Crippen molar-refractivity contribution in [1.29, 1.82) is 0 Å². The second-order valence-electron chi connectivity index (χ2n) is 5.31. The van der Waals surface area contributed by atoms with Crippen molar-refractivity contribution in [2.24, 2.45) is 0 Å². The predicted molar refractivity (Wildman–Crippen MR) is 68.2 cm³/mol. The highest BCUT2D eigenvalue weighted by Gasteiger charge is 2.29. The Balaban J connectivity index is 2.47. The Bertz CT molecular complexity index is 318. The summed E-state index contributed by atoms with van der Waals surface area (Å²) in [6.45, 7) is 6.38. The average Bonchev–Trinajstić information content (AvgIpc) is 2.27. The minimum Gasteiger partial charge on any atom is -0.375 e. The van der Waals surface area contributed by atoms with Crippen molar-refractivity contribution < 1.29 is 14.3 Å². The van der Waals surface area contributed by atoms with Crippen LogP contribution in [0.15, 0.2) is 0 Å². The van der Waals surface area contributed by atoms with Crippen LogP contribution in [0.3, 0.4) is 0 Å². The molecule has 18 heavy (non-hydrogen) atoms. The van der Waals surface area contributed by atoms with Gasteiger partial charge in [0, 0.05) is 39.3 Å². The minimum atomic E-state index is -0.180. The summed E-state index contributed by atoms with van der Waals surface area (Å²) in [5.41, 5.74) is -0.0664. The van der Waals surface area contributed by atoms with E-state index >= 15 is 0 Å². The first-order chi connectivity index (χ1) is 8.35. The molecule has 0 spiro atoms. The summed E-state index contributed by atoms with van der Waals surface area (Å²) in [6, 6.07) is 0. The van der Waals surface area contributed by atoms with Crippen LogP contribution in [-0.2, 0) is 14.3 Å². The van der Waals surface area contributed by atoms with Gasteiger partial charge in [0.2, 0.25) is 11.8 Å². The van der Waals surface area contributed by atoms with Crippen LogP contribution in [-0.4, -0.2) is 74.1 Å². The fourth-order valence-corrected chi connectivity index (χ4v) is 1.98. The normalized spacial score (nSPS) is 18.6. The first-order valence-corrected chi connectivity index (χ1v) is 6.11. The molecule has 1 saturated heterocycles. The summed E-state index contributed by atoms with van der Waals surface area (Å²) in [5.74, 6) is -0.197. The molecule has 1 fully saturated rings. The molecule has 0 atom stereocenters. The minimum absolute atomic E-state index is 0.0107. The molecular formula is C12H23N3O3. The van der Waals surface area contributed by atoms with Crippen molar-refractivity contribution >= 4 is 11.8 Å². The van der Waals surface area contributed by atoms with Crippen molar-refractivity contribution in [3.05, 3.63) is 0 Å². The summed E-state index contributed by atoms with van der Waals surface area (Å²) in [5, 5.41) is 3.35. The SMILES string of the molecule is COCC(=O)N(C)CC(=O)N1CCNC(C)(C)C1. The standard InChI is InChI=1S/C12H23N3O3/c1-12(2)9-15(6-5-13-12)10(16)7-14(3)11(17)8-18-4/h13H,5-9H2,1-4H3. The van der Waals surface area contributed by atoms with Crippen LogP contribution < -0.4 is 5.32 Å². The van der Waals surface area contributed by atoms with E-state index in [-0.39, 0.29) is 30.5 Å². The van der Waals surface area contributed by atoms with Gasteiger partial charge in [-0.15, -0.1) is 0 Å². The highest BCUT2D eigenvalue weighted by molar-refractivity contribution is 5.85. The number of carbonyl (C=O) groups is 2. The van der Waals surface area contributed by atoms with Gasteiger partial charge in [-0.3, -0.25) is 9.59 Å². The Kier molecular flexibility index (Phi) is 5.10. The van der Waals surface area contributed by atoms with Crippen LogP contribution in [0.5, 0.6) is 0 Å². The van der Waals surface area contributed by atoms with E-state index in [0.717, 1.165) is 6.54 Å². The fraction of sp³-hybridized carbons (Fsp3) is 0.833. The van der Waals surface area contributed by atoms with Gasteiger partial charge in [0.05, 0.1) is 6.54 Å². The first kappa shape index (κ1) is 14.9. The molecular weight excluding hydrogens is 234 g/mol. The van der Waals surface area contributed by atoms with E-state index < -0.39 is 0 Å². The number of hydrogen-bond donors (Lipinski definition) is 1. The highest BCUT2D eigenvalue weighted by atomic mass is 16.5. The third-order valence-corrected chi connectivity index (χ3v) is 2.99. The Hall–Kier alpha value is -1.14. The lowest BCUT2D eigenvalue weighted by Gasteiger charge is -2.39. The molecule has 0 radical (unpaired) electrons. The molecule has 1 heterocycles. The number of nitrogens with one attached hydrogen (secondary N) is 1. The van der Waals surface area contributed by atoms with Gasteiger partial charge < -0.3 is 19.9 Å². The van der Waals surface area contributed by atoms with E-state index in [2.05, 4.69) is 19.2 Å². The molecule has 0 bridgehead atoms. The molecule has 0 aromatic carbocycles. The summed E-state index contributed by atoms with van der Waals surface area (Å²) in [7, 11) is 3.08. The zero-order valence-corrected chi connectivity index (χ0v) is 11.7. The quantitative estimate of drug-likeness (QED) is 0.723. The third-order valence-electron chi connectivity index (χ3n) is 2.99. The van der Waals surface area contributed by atoms with E-state index in [9.17, 15) is 9.59 Å². The molecule has 0 aliphatic carbocycles. The summed E-state index contributed by atoms with van der Waals surface area (Å²) < 4.78 is 4.76. The molecule has 104 valence electrons. The monoisotopic (exact) mass is 257 g/mol. The van der Waals surface area contributed by atoms with Crippen molar-refractivity contribution in [1.82, 2.24) is 15.1 Å². The maximum absolute atomic E-state index is 12.1. The number of carbonyl (C=O) groups excluding carboxylic acids is 2. The first-order valence-electron chi connectivity index (χ1n) is 6.11. The number of nitrogens with zero attached hydrogens (tertiary/aromatic N) is 2. The average molecular weight is 257 g/mol. The zero-order chi connectivity index (χ0) is 13.8. The maximum atomic E-state index is 12.1. The smallest absolute Gasteiger partial charge is 0.248 e. The topological polar surface area (TPSA) is 61.9 Å². The molecule has 1 N–H and O–H groups in total. The second kappa shape index (κ2) is 6.15. The van der Waals surface area contributed by atoms with Gasteiger partial charge in [-0.05, 0) is 13.8 Å². The number of rotatable bonds is 4. The molecule has 0 unspecified atom stereocenters. The van der Waals surface area contributed by atoms with Gasteiger partial charge in [-0.1, -0.05) is 0 Å². The summed E-state index contributed by atoms with van der Waals surface area (Å²) >= 11 is 0. The van der Waals surface area contributed by atoms with E-state index in [1.54, 1.807) is 11.9 Å². The molecule has 0 aromatic rings. The van der Waals surface area contributed by atoms with Crippen molar-refractivity contribution in [2.75, 3.05) is 46.9 Å². The number of likely N-dealkylation sites (N-methyl/N-ethyl adjacent to an activating group) is 1. The van der Waals surface area contributed by atoms with Crippen LogP contribution in [0, 0.1) is 0 Å². The van der Waals surface area contributed by atoms with Gasteiger partial charge >= 0.3 is 0 Å². The number of piperazine rings is 1. The van der Waals surface area contributed by atoms with E-state index in [1.807, 2.05) is 0 Å². The van der Waals surface area contributed by atoms with Crippen LogP contribution in [0.25, 0.3) is 0 Å². The molecule has 6 nitrogen and oxygen atoms in total. The molecule has 0 saturated carbocycles. The number of methoxy groups -OCH3 is 1. The molecule has 1 aliphatic heterocycles. The second-order valence-corrected chi connectivity index (χ2v) is 5.31. The van der Waals surface area contributed by atoms with E-state index in [0.29, 0.717) is 13.1 Å². The van der Waals surface area contributed by atoms with E-state index in [4.69, 9.17) is 4.74 Å². The summed E-state index contributed by atoms with van der Waals surface area (Å²) in [4.78, 5) is 26.8. The lowest BCUT2D eigenvalue weighted by molar-refractivity contribution is -0.142. The number of ether oxygens (including phenoxy) is 1. The van der Waals surface area contributed by atoms with Gasteiger partial charge in [0.1, 0.15) is 6.61 Å². The van der Waals surface area contributed by atoms with Gasteiger partial charge in [-0.2, -0.15) is 0 Å². The van der Waals surface area contributed by atoms with Gasteiger partial charge in [0.15, 0.2) is 0 Å². The van der Waals surface area contributed by atoms with Crippen LogP contribution in [0.1, 0.15) is 13.8 Å². The molecule has 1 aliphatic rings. The predicted octanol–water partition coefficient (Wildman–Crippen LogP) is -0.698. The number of amides is 2. The van der Waals surface area contributed by atoms with Crippen molar-refractivity contribution in [3.8, 4) is 0 Å².